The maximum Gasteiger partial charge on any atom is 0.175 e. The molecule has 1 heterocycles. The Balaban J connectivity index is 1.87. The largest absolute Gasteiger partial charge is 0.494 e. The number of rotatable bonds is 3. The van der Waals surface area contributed by atoms with Crippen molar-refractivity contribution in [3.63, 3.8) is 0 Å². The third-order valence-corrected chi connectivity index (χ3v) is 3.70. The lowest BCUT2D eigenvalue weighted by Crippen LogP contribution is -2.28. The summed E-state index contributed by atoms with van der Waals surface area (Å²) in [5.41, 5.74) is 1.03. The predicted molar refractivity (Wildman–Crippen MR) is 76.4 cm³/mol. The molecule has 3 rings (SSSR count). The van der Waals surface area contributed by atoms with Gasteiger partial charge in [0.1, 0.15) is 5.75 Å². The second kappa shape index (κ2) is 5.56. The zero-order valence-electron chi connectivity index (χ0n) is 11.6. The van der Waals surface area contributed by atoms with Crippen molar-refractivity contribution in [2.45, 2.75) is 6.42 Å². The average molecular weight is 286 g/mol. The molecule has 0 spiro atoms. The first-order valence-corrected chi connectivity index (χ1v) is 6.78. The van der Waals surface area contributed by atoms with Gasteiger partial charge in [-0.15, -0.1) is 0 Å². The van der Waals surface area contributed by atoms with Gasteiger partial charge in [0.2, 0.25) is 0 Å². The van der Waals surface area contributed by atoms with Crippen molar-refractivity contribution < 1.29 is 18.7 Å². The zero-order valence-corrected chi connectivity index (χ0v) is 11.6. The van der Waals surface area contributed by atoms with E-state index in [-0.39, 0.29) is 29.6 Å². The van der Waals surface area contributed by atoms with Crippen LogP contribution < -0.4 is 9.47 Å². The van der Waals surface area contributed by atoms with E-state index in [2.05, 4.69) is 0 Å². The highest BCUT2D eigenvalue weighted by Gasteiger charge is 2.29. The van der Waals surface area contributed by atoms with Crippen LogP contribution in [-0.4, -0.2) is 19.5 Å². The number of Topliss-reactive ketones (excluding diaryl/α,β-unsaturated/α-hetero) is 1. The van der Waals surface area contributed by atoms with E-state index in [1.807, 2.05) is 24.3 Å². The summed E-state index contributed by atoms with van der Waals surface area (Å²) in [7, 11) is 1.38. The number of carbonyl (C=O) groups is 1. The fourth-order valence-corrected chi connectivity index (χ4v) is 2.58. The summed E-state index contributed by atoms with van der Waals surface area (Å²) in [6.45, 7) is 0.270. The third kappa shape index (κ3) is 2.49. The molecule has 0 saturated heterocycles. The van der Waals surface area contributed by atoms with E-state index >= 15 is 0 Å². The number of ether oxygens (including phenoxy) is 2. The molecule has 0 aromatic heterocycles. The highest BCUT2D eigenvalue weighted by molar-refractivity contribution is 5.99. The average Bonchev–Trinajstić information content (AvgIpc) is 2.54. The molecule has 0 saturated carbocycles. The fraction of sp³-hybridized carbons (Fsp3) is 0.235. The molecule has 2 aromatic rings. The van der Waals surface area contributed by atoms with Crippen LogP contribution >= 0.6 is 0 Å². The molecule has 3 nitrogen and oxygen atoms in total. The van der Waals surface area contributed by atoms with Crippen LogP contribution in [0, 0.1) is 11.7 Å². The van der Waals surface area contributed by atoms with Crippen LogP contribution in [0.25, 0.3) is 0 Å². The van der Waals surface area contributed by atoms with Crippen molar-refractivity contribution in [1.82, 2.24) is 0 Å². The Morgan fingerprint density at radius 3 is 2.86 bits per heavy atom. The first-order valence-electron chi connectivity index (χ1n) is 6.78. The number of fused-ring (bicyclic) bond motifs is 1. The Morgan fingerprint density at radius 1 is 1.24 bits per heavy atom. The van der Waals surface area contributed by atoms with Gasteiger partial charge in [-0.25, -0.2) is 4.39 Å². The Bertz CT molecular complexity index is 681. The quantitative estimate of drug-likeness (QED) is 0.812. The van der Waals surface area contributed by atoms with Gasteiger partial charge in [-0.2, -0.15) is 0 Å². The number of para-hydroxylation sites is 1. The molecule has 1 aliphatic heterocycles. The summed E-state index contributed by atoms with van der Waals surface area (Å²) in [6, 6.07) is 12.2. The molecule has 0 fully saturated rings. The second-order valence-electron chi connectivity index (χ2n) is 5.01. The molecular formula is C17H15FO3. The highest BCUT2D eigenvalue weighted by Crippen LogP contribution is 2.30. The molecule has 108 valence electrons. The fourth-order valence-electron chi connectivity index (χ4n) is 2.58. The SMILES string of the molecule is COc1cccc(C(=O)C2COc3ccccc3C2)c1F. The van der Waals surface area contributed by atoms with Crippen LogP contribution in [0.5, 0.6) is 11.5 Å². The molecular weight excluding hydrogens is 271 g/mol. The predicted octanol–water partition coefficient (Wildman–Crippen LogP) is 3.27. The summed E-state index contributed by atoms with van der Waals surface area (Å²) in [5.74, 6) is -0.350. The molecule has 0 N–H and O–H groups in total. The van der Waals surface area contributed by atoms with Crippen LogP contribution in [0.4, 0.5) is 4.39 Å². The molecule has 2 aromatic carbocycles. The minimum absolute atomic E-state index is 0.0577. The summed E-state index contributed by atoms with van der Waals surface area (Å²) < 4.78 is 24.7. The number of methoxy groups -OCH3 is 1. The number of halogens is 1. The number of hydrogen-bond acceptors (Lipinski definition) is 3. The van der Waals surface area contributed by atoms with Crippen LogP contribution in [-0.2, 0) is 6.42 Å². The Labute approximate surface area is 122 Å². The van der Waals surface area contributed by atoms with Crippen molar-refractivity contribution >= 4 is 5.78 Å². The van der Waals surface area contributed by atoms with Crippen molar-refractivity contribution in [3.05, 3.63) is 59.4 Å². The summed E-state index contributed by atoms with van der Waals surface area (Å²) >= 11 is 0. The normalized spacial score (nSPS) is 16.8. The number of carbonyl (C=O) groups excluding carboxylic acids is 1. The molecule has 0 bridgehead atoms. The maximum atomic E-state index is 14.2. The first kappa shape index (κ1) is 13.6. The lowest BCUT2D eigenvalue weighted by Gasteiger charge is -2.24. The molecule has 0 radical (unpaired) electrons. The van der Waals surface area contributed by atoms with Gasteiger partial charge in [-0.3, -0.25) is 4.79 Å². The topological polar surface area (TPSA) is 35.5 Å². The van der Waals surface area contributed by atoms with Gasteiger partial charge in [-0.1, -0.05) is 24.3 Å². The number of ketones is 1. The highest BCUT2D eigenvalue weighted by atomic mass is 19.1. The minimum atomic E-state index is -0.608. The lowest BCUT2D eigenvalue weighted by molar-refractivity contribution is 0.0850. The first-order chi connectivity index (χ1) is 10.2. The molecule has 1 atom stereocenters. The summed E-state index contributed by atoms with van der Waals surface area (Å²) in [5, 5.41) is 0. The Kier molecular flexibility index (Phi) is 3.60. The molecule has 0 amide bonds. The number of benzene rings is 2. The Hall–Kier alpha value is -2.36. The van der Waals surface area contributed by atoms with Crippen LogP contribution in [0.3, 0.4) is 0 Å². The zero-order chi connectivity index (χ0) is 14.8. The standard InChI is InChI=1S/C17H15FO3/c1-20-15-8-4-6-13(16(15)18)17(19)12-9-11-5-2-3-7-14(11)21-10-12/h2-8,12H,9-10H2,1H3. The number of hydrogen-bond donors (Lipinski definition) is 0. The summed E-state index contributed by atoms with van der Waals surface area (Å²) in [6.07, 6.45) is 0.561. The maximum absolute atomic E-state index is 14.2. The molecule has 21 heavy (non-hydrogen) atoms. The lowest BCUT2D eigenvalue weighted by atomic mass is 9.89. The molecule has 1 unspecified atom stereocenters. The summed E-state index contributed by atoms with van der Waals surface area (Å²) in [4.78, 5) is 12.5. The minimum Gasteiger partial charge on any atom is -0.494 e. The van der Waals surface area contributed by atoms with E-state index in [1.165, 1.54) is 19.2 Å². The van der Waals surface area contributed by atoms with Gasteiger partial charge in [0.25, 0.3) is 0 Å². The molecule has 4 heteroatoms. The van der Waals surface area contributed by atoms with Crippen LogP contribution in [0.15, 0.2) is 42.5 Å². The Morgan fingerprint density at radius 2 is 2.05 bits per heavy atom. The molecule has 0 aliphatic carbocycles. The van der Waals surface area contributed by atoms with Gasteiger partial charge in [-0.05, 0) is 30.2 Å². The van der Waals surface area contributed by atoms with Crippen LogP contribution in [0.1, 0.15) is 15.9 Å². The van der Waals surface area contributed by atoms with E-state index in [1.54, 1.807) is 6.07 Å². The van der Waals surface area contributed by atoms with Gasteiger partial charge >= 0.3 is 0 Å². The van der Waals surface area contributed by atoms with Crippen molar-refractivity contribution in [1.29, 1.82) is 0 Å². The van der Waals surface area contributed by atoms with Gasteiger partial charge in [0.05, 0.1) is 25.2 Å². The van der Waals surface area contributed by atoms with Gasteiger partial charge in [0.15, 0.2) is 17.3 Å². The third-order valence-electron chi connectivity index (χ3n) is 3.70. The van der Waals surface area contributed by atoms with Gasteiger partial charge in [0, 0.05) is 0 Å². The van der Waals surface area contributed by atoms with Gasteiger partial charge < -0.3 is 9.47 Å². The smallest absolute Gasteiger partial charge is 0.175 e. The van der Waals surface area contributed by atoms with E-state index in [9.17, 15) is 9.18 Å². The van der Waals surface area contributed by atoms with Crippen molar-refractivity contribution in [2.75, 3.05) is 13.7 Å². The van der Waals surface area contributed by atoms with Crippen LogP contribution in [0.2, 0.25) is 0 Å². The van der Waals surface area contributed by atoms with E-state index < -0.39 is 5.82 Å². The second-order valence-corrected chi connectivity index (χ2v) is 5.01. The van der Waals surface area contributed by atoms with E-state index in [0.717, 1.165) is 11.3 Å². The van der Waals surface area contributed by atoms with E-state index in [0.29, 0.717) is 6.42 Å². The van der Waals surface area contributed by atoms with E-state index in [4.69, 9.17) is 9.47 Å². The van der Waals surface area contributed by atoms with Crippen molar-refractivity contribution in [2.24, 2.45) is 5.92 Å². The monoisotopic (exact) mass is 286 g/mol. The molecule has 1 aliphatic rings. The van der Waals surface area contributed by atoms with Crippen molar-refractivity contribution in [3.8, 4) is 11.5 Å².